The minimum Gasteiger partial charge on any atom is -0.480 e. The van der Waals surface area contributed by atoms with Crippen molar-refractivity contribution in [3.8, 4) is 0 Å². The summed E-state index contributed by atoms with van der Waals surface area (Å²) in [6.45, 7) is 7.68. The summed E-state index contributed by atoms with van der Waals surface area (Å²) in [4.78, 5) is 38.5. The van der Waals surface area contributed by atoms with Gasteiger partial charge in [-0.1, -0.05) is 44.5 Å². The van der Waals surface area contributed by atoms with Gasteiger partial charge in [-0.15, -0.1) is 0 Å². The molecule has 1 fully saturated rings. The van der Waals surface area contributed by atoms with Crippen LogP contribution in [-0.2, 0) is 9.59 Å². The minimum atomic E-state index is -1.02. The number of aliphatic carboxylic acids is 1. The zero-order valence-corrected chi connectivity index (χ0v) is 16.3. The lowest BCUT2D eigenvalue weighted by atomic mass is 9.85. The second-order valence-electron chi connectivity index (χ2n) is 7.74. The number of amides is 2. The Morgan fingerprint density at radius 3 is 2.54 bits per heavy atom. The van der Waals surface area contributed by atoms with E-state index in [0.717, 1.165) is 5.56 Å². The molecule has 1 aliphatic heterocycles. The minimum absolute atomic E-state index is 0.296. The summed E-state index contributed by atoms with van der Waals surface area (Å²) in [6, 6.07) is 3.43. The molecule has 0 saturated carbocycles. The van der Waals surface area contributed by atoms with Gasteiger partial charge in [0.2, 0.25) is 5.91 Å². The number of carbonyl (C=O) groups is 3. The van der Waals surface area contributed by atoms with Crippen LogP contribution in [-0.4, -0.2) is 46.4 Å². The van der Waals surface area contributed by atoms with Crippen LogP contribution in [0.25, 0.3) is 0 Å². The highest BCUT2D eigenvalue weighted by Crippen LogP contribution is 2.27. The third-order valence-corrected chi connectivity index (χ3v) is 5.15. The normalized spacial score (nSPS) is 18.5. The molecule has 2 rings (SSSR count). The van der Waals surface area contributed by atoms with E-state index < -0.39 is 29.4 Å². The van der Waals surface area contributed by atoms with Crippen molar-refractivity contribution in [2.75, 3.05) is 6.54 Å². The van der Waals surface area contributed by atoms with Crippen LogP contribution < -0.4 is 5.32 Å². The Morgan fingerprint density at radius 2 is 1.96 bits per heavy atom. The van der Waals surface area contributed by atoms with Gasteiger partial charge in [-0.05, 0) is 36.8 Å². The third-order valence-electron chi connectivity index (χ3n) is 4.65. The largest absolute Gasteiger partial charge is 0.480 e. The summed E-state index contributed by atoms with van der Waals surface area (Å²) in [6.07, 6.45) is 1.06. The molecule has 1 aromatic rings. The molecule has 0 radical (unpaired) electrons. The van der Waals surface area contributed by atoms with Gasteiger partial charge in [0.25, 0.3) is 5.91 Å². The van der Waals surface area contributed by atoms with E-state index in [1.807, 2.05) is 20.8 Å². The number of rotatable bonds is 4. The molecular formula is C19H25ClN2O4. The lowest BCUT2D eigenvalue weighted by molar-refractivity contribution is -0.150. The predicted molar refractivity (Wildman–Crippen MR) is 99.3 cm³/mol. The van der Waals surface area contributed by atoms with E-state index in [4.69, 9.17) is 11.6 Å². The van der Waals surface area contributed by atoms with Crippen LogP contribution in [0.1, 0.15) is 49.5 Å². The molecule has 142 valence electrons. The Kier molecular flexibility index (Phi) is 5.96. The Morgan fingerprint density at radius 1 is 1.31 bits per heavy atom. The molecule has 0 aliphatic carbocycles. The van der Waals surface area contributed by atoms with E-state index in [1.165, 1.54) is 4.90 Å². The van der Waals surface area contributed by atoms with Crippen molar-refractivity contribution in [1.82, 2.24) is 10.2 Å². The van der Waals surface area contributed by atoms with Crippen LogP contribution in [0.15, 0.2) is 18.2 Å². The standard InChI is InChI=1S/C19H25ClN2O4/c1-11-7-5-8-12(14(11)20)16(23)21-15(19(2,3)4)17(24)22-10-6-9-13(22)18(25)26/h5,7-8,13,15H,6,9-10H2,1-4H3,(H,21,23)(H,25,26)/t13-,15+/m0/s1. The van der Waals surface area contributed by atoms with E-state index in [9.17, 15) is 19.5 Å². The van der Waals surface area contributed by atoms with Gasteiger partial charge in [-0.25, -0.2) is 4.79 Å². The summed E-state index contributed by atoms with van der Waals surface area (Å²) < 4.78 is 0. The van der Waals surface area contributed by atoms with Crippen molar-refractivity contribution in [2.45, 2.75) is 52.6 Å². The number of aryl methyl sites for hydroxylation is 1. The van der Waals surface area contributed by atoms with Crippen molar-refractivity contribution >= 4 is 29.4 Å². The van der Waals surface area contributed by atoms with Crippen LogP contribution in [0.2, 0.25) is 5.02 Å². The molecule has 0 unspecified atom stereocenters. The Labute approximate surface area is 158 Å². The monoisotopic (exact) mass is 380 g/mol. The van der Waals surface area contributed by atoms with Crippen LogP contribution in [0.5, 0.6) is 0 Å². The average molecular weight is 381 g/mol. The molecule has 1 aromatic carbocycles. The molecule has 7 heteroatoms. The second-order valence-corrected chi connectivity index (χ2v) is 8.11. The first-order valence-corrected chi connectivity index (χ1v) is 9.01. The summed E-state index contributed by atoms with van der Waals surface area (Å²) in [5, 5.41) is 12.5. The van der Waals surface area contributed by atoms with E-state index in [2.05, 4.69) is 5.32 Å². The number of benzene rings is 1. The number of hydrogen-bond acceptors (Lipinski definition) is 3. The smallest absolute Gasteiger partial charge is 0.326 e. The summed E-state index contributed by atoms with van der Waals surface area (Å²) in [5.41, 5.74) is 0.475. The highest BCUT2D eigenvalue weighted by atomic mass is 35.5. The van der Waals surface area contributed by atoms with E-state index in [0.29, 0.717) is 30.0 Å². The zero-order chi connectivity index (χ0) is 19.6. The van der Waals surface area contributed by atoms with E-state index >= 15 is 0 Å². The fourth-order valence-electron chi connectivity index (χ4n) is 3.13. The highest BCUT2D eigenvalue weighted by Gasteiger charge is 2.42. The molecule has 1 saturated heterocycles. The molecule has 0 bridgehead atoms. The molecule has 1 aliphatic rings. The second kappa shape index (κ2) is 7.66. The number of carboxylic acids is 1. The van der Waals surface area contributed by atoms with Crippen molar-refractivity contribution in [3.63, 3.8) is 0 Å². The van der Waals surface area contributed by atoms with Crippen LogP contribution >= 0.6 is 11.6 Å². The van der Waals surface area contributed by atoms with E-state index in [1.54, 1.807) is 25.1 Å². The number of nitrogens with one attached hydrogen (secondary N) is 1. The number of halogens is 1. The topological polar surface area (TPSA) is 86.7 Å². The van der Waals surface area contributed by atoms with Crippen molar-refractivity contribution in [3.05, 3.63) is 34.3 Å². The Balaban J connectivity index is 2.28. The van der Waals surface area contributed by atoms with E-state index in [-0.39, 0.29) is 5.91 Å². The average Bonchev–Trinajstić information content (AvgIpc) is 3.03. The van der Waals surface area contributed by atoms with Gasteiger partial charge in [-0.3, -0.25) is 9.59 Å². The fourth-order valence-corrected chi connectivity index (χ4v) is 3.35. The van der Waals surface area contributed by atoms with Crippen molar-refractivity contribution < 1.29 is 19.5 Å². The summed E-state index contributed by atoms with van der Waals surface area (Å²) in [7, 11) is 0. The third kappa shape index (κ3) is 4.18. The van der Waals surface area contributed by atoms with Gasteiger partial charge in [0.05, 0.1) is 10.6 Å². The summed E-state index contributed by atoms with van der Waals surface area (Å²) >= 11 is 6.22. The first kappa shape index (κ1) is 20.2. The van der Waals surface area contributed by atoms with Crippen LogP contribution in [0, 0.1) is 12.3 Å². The molecule has 2 N–H and O–H groups in total. The maximum atomic E-state index is 13.0. The van der Waals surface area contributed by atoms with Gasteiger partial charge in [-0.2, -0.15) is 0 Å². The van der Waals surface area contributed by atoms with Crippen LogP contribution in [0.4, 0.5) is 0 Å². The van der Waals surface area contributed by atoms with Gasteiger partial charge >= 0.3 is 5.97 Å². The number of hydrogen-bond donors (Lipinski definition) is 2. The van der Waals surface area contributed by atoms with Gasteiger partial charge < -0.3 is 15.3 Å². The number of carboxylic acid groups (broad SMARTS) is 1. The van der Waals surface area contributed by atoms with Crippen molar-refractivity contribution in [1.29, 1.82) is 0 Å². The molecule has 26 heavy (non-hydrogen) atoms. The fraction of sp³-hybridized carbons (Fsp3) is 0.526. The Hall–Kier alpha value is -2.08. The van der Waals surface area contributed by atoms with Gasteiger partial charge in [0, 0.05) is 6.54 Å². The maximum absolute atomic E-state index is 13.0. The number of likely N-dealkylation sites (tertiary alicyclic amines) is 1. The predicted octanol–water partition coefficient (Wildman–Crippen LogP) is 2.87. The molecule has 0 spiro atoms. The molecule has 1 heterocycles. The number of nitrogens with zero attached hydrogens (tertiary/aromatic N) is 1. The quantitative estimate of drug-likeness (QED) is 0.840. The SMILES string of the molecule is Cc1cccc(C(=O)N[C@H](C(=O)N2CCC[C@H]2C(=O)O)C(C)(C)C)c1Cl. The molecular weight excluding hydrogens is 356 g/mol. The van der Waals surface area contributed by atoms with Gasteiger partial charge in [0.1, 0.15) is 12.1 Å². The van der Waals surface area contributed by atoms with Gasteiger partial charge in [0.15, 0.2) is 0 Å². The lowest BCUT2D eigenvalue weighted by Crippen LogP contribution is -2.56. The lowest BCUT2D eigenvalue weighted by Gasteiger charge is -2.35. The molecule has 6 nitrogen and oxygen atoms in total. The maximum Gasteiger partial charge on any atom is 0.326 e. The summed E-state index contributed by atoms with van der Waals surface area (Å²) in [5.74, 6) is -1.84. The molecule has 2 atom stereocenters. The zero-order valence-electron chi connectivity index (χ0n) is 15.5. The first-order valence-electron chi connectivity index (χ1n) is 8.63. The van der Waals surface area contributed by atoms with Crippen LogP contribution in [0.3, 0.4) is 0 Å². The Bertz CT molecular complexity index is 727. The molecule has 2 amide bonds. The number of carbonyl (C=O) groups excluding carboxylic acids is 2. The highest BCUT2D eigenvalue weighted by molar-refractivity contribution is 6.34. The van der Waals surface area contributed by atoms with Crippen molar-refractivity contribution in [2.24, 2.45) is 5.41 Å². The molecule has 0 aromatic heterocycles. The first-order chi connectivity index (χ1) is 12.0.